The number of nitrogens with zero attached hydrogens (tertiary/aromatic N) is 6. The van der Waals surface area contributed by atoms with Crippen LogP contribution in [-0.4, -0.2) is 30.8 Å². The van der Waals surface area contributed by atoms with Gasteiger partial charge in [-0.1, -0.05) is 18.1 Å². The Kier molecular flexibility index (Phi) is 4.06. The zero-order valence-corrected chi connectivity index (χ0v) is 12.2. The Morgan fingerprint density at radius 2 is 2.39 bits per heavy atom. The van der Waals surface area contributed by atoms with Crippen molar-refractivity contribution in [2.24, 2.45) is 0 Å². The molecule has 9 nitrogen and oxygen atoms in total. The lowest BCUT2D eigenvalue weighted by Gasteiger charge is -2.02. The van der Waals surface area contributed by atoms with Crippen LogP contribution < -0.4 is 5.32 Å². The minimum atomic E-state index is 0.223. The van der Waals surface area contributed by atoms with Gasteiger partial charge in [0.1, 0.15) is 11.6 Å². The van der Waals surface area contributed by atoms with E-state index in [9.17, 15) is 0 Å². The third-order valence-electron chi connectivity index (χ3n) is 2.98. The summed E-state index contributed by atoms with van der Waals surface area (Å²) in [6.45, 7) is 1.96. The summed E-state index contributed by atoms with van der Waals surface area (Å²) in [5.74, 6) is 1.33. The maximum absolute atomic E-state index is 9.13. The van der Waals surface area contributed by atoms with Gasteiger partial charge in [-0.15, -0.1) is 10.2 Å². The molecule has 3 rings (SSSR count). The molecule has 0 amide bonds. The Hall–Kier alpha value is -3.54. The molecule has 0 unspecified atom stereocenters. The number of aromatic amines is 1. The highest BCUT2D eigenvalue weighted by Gasteiger charge is 2.09. The summed E-state index contributed by atoms with van der Waals surface area (Å²) in [6, 6.07) is 9.41. The SMILES string of the molecule is CCc1noc(-c2cccc(NC=C(C#N)c3nn[nH]n3)c2)n1. The summed E-state index contributed by atoms with van der Waals surface area (Å²) in [5.41, 5.74) is 1.80. The minimum absolute atomic E-state index is 0.223. The van der Waals surface area contributed by atoms with Crippen LogP contribution in [0.3, 0.4) is 0 Å². The van der Waals surface area contributed by atoms with Crippen LogP contribution in [0.4, 0.5) is 5.69 Å². The van der Waals surface area contributed by atoms with Gasteiger partial charge in [0.2, 0.25) is 5.82 Å². The Bertz CT molecular complexity index is 859. The lowest BCUT2D eigenvalue weighted by Crippen LogP contribution is -1.93. The molecular formula is C14H12N8O. The topological polar surface area (TPSA) is 129 Å². The van der Waals surface area contributed by atoms with Crippen LogP contribution in [0.15, 0.2) is 35.0 Å². The van der Waals surface area contributed by atoms with E-state index in [2.05, 4.69) is 36.1 Å². The van der Waals surface area contributed by atoms with Gasteiger partial charge in [0.25, 0.3) is 5.89 Å². The normalized spacial score (nSPS) is 11.2. The fraction of sp³-hybridized carbons (Fsp3) is 0.143. The third kappa shape index (κ3) is 3.21. The highest BCUT2D eigenvalue weighted by molar-refractivity contribution is 5.74. The second-order valence-corrected chi connectivity index (χ2v) is 4.50. The Balaban J connectivity index is 1.81. The van der Waals surface area contributed by atoms with Crippen molar-refractivity contribution < 1.29 is 4.52 Å². The summed E-state index contributed by atoms with van der Waals surface area (Å²) in [5, 5.41) is 29.3. The molecule has 0 atom stereocenters. The highest BCUT2D eigenvalue weighted by Crippen LogP contribution is 2.21. The van der Waals surface area contributed by atoms with Crippen molar-refractivity contribution in [2.75, 3.05) is 5.32 Å². The quantitative estimate of drug-likeness (QED) is 0.682. The number of H-pyrrole nitrogens is 1. The number of hydrogen-bond donors (Lipinski definition) is 2. The molecule has 0 saturated carbocycles. The molecule has 3 aromatic rings. The van der Waals surface area contributed by atoms with Gasteiger partial charge in [0.15, 0.2) is 5.82 Å². The molecule has 0 aliphatic heterocycles. The third-order valence-corrected chi connectivity index (χ3v) is 2.98. The van der Waals surface area contributed by atoms with Gasteiger partial charge >= 0.3 is 0 Å². The maximum atomic E-state index is 9.13. The van der Waals surface area contributed by atoms with Crippen LogP contribution in [0.1, 0.15) is 18.6 Å². The van der Waals surface area contributed by atoms with Gasteiger partial charge in [-0.2, -0.15) is 15.5 Å². The van der Waals surface area contributed by atoms with Crippen molar-refractivity contribution in [3.8, 4) is 17.5 Å². The number of benzene rings is 1. The largest absolute Gasteiger partial charge is 0.360 e. The second-order valence-electron chi connectivity index (χ2n) is 4.50. The summed E-state index contributed by atoms with van der Waals surface area (Å²) in [6.07, 6.45) is 2.22. The lowest BCUT2D eigenvalue weighted by molar-refractivity contribution is 0.423. The first-order valence-corrected chi connectivity index (χ1v) is 6.83. The van der Waals surface area contributed by atoms with E-state index in [0.29, 0.717) is 18.1 Å². The van der Waals surface area contributed by atoms with Crippen LogP contribution >= 0.6 is 0 Å². The van der Waals surface area contributed by atoms with E-state index in [0.717, 1.165) is 11.3 Å². The first-order valence-electron chi connectivity index (χ1n) is 6.83. The van der Waals surface area contributed by atoms with Crippen LogP contribution in [0, 0.1) is 11.3 Å². The Labute approximate surface area is 131 Å². The number of anilines is 1. The van der Waals surface area contributed by atoms with Gasteiger partial charge < -0.3 is 9.84 Å². The molecular weight excluding hydrogens is 296 g/mol. The van der Waals surface area contributed by atoms with E-state index >= 15 is 0 Å². The first kappa shape index (κ1) is 14.4. The maximum Gasteiger partial charge on any atom is 0.257 e. The fourth-order valence-corrected chi connectivity index (χ4v) is 1.84. The van der Waals surface area contributed by atoms with E-state index < -0.39 is 0 Å². The second kappa shape index (κ2) is 6.48. The van der Waals surface area contributed by atoms with Crippen molar-refractivity contribution >= 4 is 11.3 Å². The molecule has 0 saturated heterocycles. The summed E-state index contributed by atoms with van der Waals surface area (Å²) >= 11 is 0. The number of allylic oxidation sites excluding steroid dienone is 1. The number of aromatic nitrogens is 6. The summed E-state index contributed by atoms with van der Waals surface area (Å²) in [4.78, 5) is 4.29. The molecule has 0 fully saturated rings. The van der Waals surface area contributed by atoms with Crippen molar-refractivity contribution in [1.29, 1.82) is 5.26 Å². The predicted molar refractivity (Wildman–Crippen MR) is 80.5 cm³/mol. The molecule has 0 bridgehead atoms. The van der Waals surface area contributed by atoms with E-state index in [1.807, 2.05) is 37.3 Å². The van der Waals surface area contributed by atoms with E-state index in [4.69, 9.17) is 9.78 Å². The molecule has 2 aromatic heterocycles. The van der Waals surface area contributed by atoms with Crippen molar-refractivity contribution in [3.05, 3.63) is 42.1 Å². The van der Waals surface area contributed by atoms with Crippen molar-refractivity contribution in [2.45, 2.75) is 13.3 Å². The van der Waals surface area contributed by atoms with Gasteiger partial charge in [-0.3, -0.25) is 0 Å². The summed E-state index contributed by atoms with van der Waals surface area (Å²) in [7, 11) is 0. The summed E-state index contributed by atoms with van der Waals surface area (Å²) < 4.78 is 5.21. The van der Waals surface area contributed by atoms with Gasteiger partial charge in [0.05, 0.1) is 0 Å². The van der Waals surface area contributed by atoms with Crippen molar-refractivity contribution in [1.82, 2.24) is 30.8 Å². The molecule has 2 N–H and O–H groups in total. The van der Waals surface area contributed by atoms with E-state index in [-0.39, 0.29) is 11.4 Å². The zero-order valence-electron chi connectivity index (χ0n) is 12.2. The number of tetrazole rings is 1. The van der Waals surface area contributed by atoms with Crippen molar-refractivity contribution in [3.63, 3.8) is 0 Å². The highest BCUT2D eigenvalue weighted by atomic mass is 16.5. The average Bonchev–Trinajstić information content (AvgIpc) is 3.27. The molecule has 2 heterocycles. The lowest BCUT2D eigenvalue weighted by atomic mass is 10.2. The molecule has 0 radical (unpaired) electrons. The number of hydrogen-bond acceptors (Lipinski definition) is 8. The Morgan fingerprint density at radius 1 is 1.48 bits per heavy atom. The zero-order chi connectivity index (χ0) is 16.1. The number of aryl methyl sites for hydroxylation is 1. The van der Waals surface area contributed by atoms with Crippen LogP contribution in [0.25, 0.3) is 17.0 Å². The van der Waals surface area contributed by atoms with E-state index in [1.165, 1.54) is 6.20 Å². The average molecular weight is 308 g/mol. The standard InChI is InChI=1S/C14H12N8O/c1-2-12-17-14(23-20-12)9-4-3-5-11(6-9)16-8-10(7-15)13-18-21-22-19-13/h3-6,8,16H,2H2,1H3,(H,18,19,21,22). The first-order chi connectivity index (χ1) is 11.3. The van der Waals surface area contributed by atoms with E-state index in [1.54, 1.807) is 0 Å². The van der Waals surface area contributed by atoms with Crippen LogP contribution in [0.2, 0.25) is 0 Å². The molecule has 0 spiro atoms. The molecule has 23 heavy (non-hydrogen) atoms. The van der Waals surface area contributed by atoms with Gasteiger partial charge in [-0.05, 0) is 23.4 Å². The molecule has 9 heteroatoms. The predicted octanol–water partition coefficient (Wildman–Crippen LogP) is 1.79. The molecule has 114 valence electrons. The molecule has 0 aliphatic carbocycles. The monoisotopic (exact) mass is 308 g/mol. The van der Waals surface area contributed by atoms with Gasteiger partial charge in [-0.25, -0.2) is 0 Å². The minimum Gasteiger partial charge on any atom is -0.360 e. The number of nitrogens with one attached hydrogen (secondary N) is 2. The van der Waals surface area contributed by atoms with Crippen LogP contribution in [0.5, 0.6) is 0 Å². The molecule has 0 aliphatic rings. The smallest absolute Gasteiger partial charge is 0.257 e. The van der Waals surface area contributed by atoms with Crippen LogP contribution in [-0.2, 0) is 6.42 Å². The molecule has 1 aromatic carbocycles. The fourth-order valence-electron chi connectivity index (χ4n) is 1.84. The Morgan fingerprint density at radius 3 is 3.09 bits per heavy atom. The number of rotatable bonds is 5. The van der Waals surface area contributed by atoms with Gasteiger partial charge in [0, 0.05) is 23.9 Å². The number of nitriles is 1.